The number of hydrogen-bond acceptors (Lipinski definition) is 2. The van der Waals surface area contributed by atoms with Crippen molar-refractivity contribution in [3.63, 3.8) is 0 Å². The molecule has 0 aromatic rings. The first-order valence-electron chi connectivity index (χ1n) is 6.10. The highest BCUT2D eigenvalue weighted by molar-refractivity contribution is 4.93. The minimum Gasteiger partial charge on any atom is -0.210 e. The Morgan fingerprint density at radius 3 is 2.36 bits per heavy atom. The molecule has 0 aromatic heterocycles. The van der Waals surface area contributed by atoms with Crippen molar-refractivity contribution in [2.75, 3.05) is 0 Å². The van der Waals surface area contributed by atoms with Crippen molar-refractivity contribution in [2.24, 2.45) is 28.8 Å². The van der Waals surface area contributed by atoms with Crippen LogP contribution < -0.4 is 0 Å². The Morgan fingerprint density at radius 1 is 1.07 bits per heavy atom. The summed E-state index contributed by atoms with van der Waals surface area (Å²) in [6, 6.07) is 0.323. The van der Waals surface area contributed by atoms with Crippen LogP contribution in [-0.4, -0.2) is 6.04 Å². The lowest BCUT2D eigenvalue weighted by Gasteiger charge is -2.46. The van der Waals surface area contributed by atoms with Crippen molar-refractivity contribution in [3.8, 4) is 0 Å². The second-order valence-corrected chi connectivity index (χ2v) is 5.38. The summed E-state index contributed by atoms with van der Waals surface area (Å²) >= 11 is 0. The van der Waals surface area contributed by atoms with Crippen LogP contribution in [0.1, 0.15) is 46.0 Å². The third kappa shape index (κ3) is 1.59. The van der Waals surface area contributed by atoms with Gasteiger partial charge in [0.2, 0.25) is 0 Å². The predicted molar refractivity (Wildman–Crippen MR) is 57.3 cm³/mol. The molecule has 14 heavy (non-hydrogen) atoms. The minimum atomic E-state index is 0.323. The molecule has 0 spiro atoms. The van der Waals surface area contributed by atoms with Crippen LogP contribution in [0.5, 0.6) is 0 Å². The van der Waals surface area contributed by atoms with Gasteiger partial charge in [0, 0.05) is 0 Å². The van der Waals surface area contributed by atoms with E-state index in [0.717, 1.165) is 24.2 Å². The average Bonchev–Trinajstić information content (AvgIpc) is 2.23. The molecule has 0 aliphatic heterocycles. The molecule has 2 aliphatic carbocycles. The Hall–Kier alpha value is -0.400. The van der Waals surface area contributed by atoms with Gasteiger partial charge in [-0.1, -0.05) is 26.7 Å². The van der Waals surface area contributed by atoms with E-state index in [0.29, 0.717) is 12.0 Å². The van der Waals surface area contributed by atoms with Crippen molar-refractivity contribution in [1.29, 1.82) is 5.53 Å². The molecule has 5 unspecified atom stereocenters. The molecule has 2 heteroatoms. The van der Waals surface area contributed by atoms with E-state index < -0.39 is 0 Å². The summed E-state index contributed by atoms with van der Waals surface area (Å²) in [6.45, 7) is 4.69. The van der Waals surface area contributed by atoms with E-state index in [9.17, 15) is 0 Å². The number of rotatable bonds is 1. The van der Waals surface area contributed by atoms with Gasteiger partial charge in [0.25, 0.3) is 0 Å². The third-order valence-corrected chi connectivity index (χ3v) is 4.67. The van der Waals surface area contributed by atoms with Crippen molar-refractivity contribution in [1.82, 2.24) is 0 Å². The topological polar surface area (TPSA) is 36.2 Å². The molecule has 5 atom stereocenters. The monoisotopic (exact) mass is 194 g/mol. The largest absolute Gasteiger partial charge is 0.210 e. The zero-order valence-electron chi connectivity index (χ0n) is 9.37. The van der Waals surface area contributed by atoms with Crippen molar-refractivity contribution in [2.45, 2.75) is 52.0 Å². The highest BCUT2D eigenvalue weighted by Gasteiger charge is 2.41. The summed E-state index contributed by atoms with van der Waals surface area (Å²) in [5.74, 6) is 3.27. The molecule has 0 amide bonds. The van der Waals surface area contributed by atoms with Crippen LogP contribution in [0.25, 0.3) is 0 Å². The third-order valence-electron chi connectivity index (χ3n) is 4.67. The maximum atomic E-state index is 7.25. The smallest absolute Gasteiger partial charge is 0.0736 e. The number of fused-ring (bicyclic) bond motifs is 1. The molecule has 0 aromatic carbocycles. The van der Waals surface area contributed by atoms with Gasteiger partial charge in [0.1, 0.15) is 0 Å². The zero-order valence-corrected chi connectivity index (χ0v) is 9.37. The van der Waals surface area contributed by atoms with Gasteiger partial charge in [-0.05, 0) is 42.9 Å². The van der Waals surface area contributed by atoms with E-state index in [2.05, 4.69) is 19.0 Å². The van der Waals surface area contributed by atoms with Crippen molar-refractivity contribution < 1.29 is 0 Å². The molecule has 2 nitrogen and oxygen atoms in total. The Labute approximate surface area is 87.0 Å². The molecule has 2 rings (SSSR count). The second-order valence-electron chi connectivity index (χ2n) is 5.38. The zero-order chi connectivity index (χ0) is 10.1. The van der Waals surface area contributed by atoms with E-state index >= 15 is 0 Å². The number of hydrogen-bond donors (Lipinski definition) is 1. The molecule has 0 heterocycles. The van der Waals surface area contributed by atoms with Crippen LogP contribution in [-0.2, 0) is 0 Å². The quantitative estimate of drug-likeness (QED) is 0.615. The van der Waals surface area contributed by atoms with E-state index in [1.807, 2.05) is 0 Å². The second kappa shape index (κ2) is 4.00. The molecule has 80 valence electrons. The Kier molecular flexibility index (Phi) is 2.89. The molecule has 2 fully saturated rings. The first kappa shape index (κ1) is 10.1. The van der Waals surface area contributed by atoms with E-state index in [-0.39, 0.29) is 0 Å². The first-order chi connectivity index (χ1) is 6.74. The number of nitrogens with zero attached hydrogens (tertiary/aromatic N) is 1. The van der Waals surface area contributed by atoms with Crippen LogP contribution in [0.2, 0.25) is 0 Å². The van der Waals surface area contributed by atoms with Crippen LogP contribution in [0.3, 0.4) is 0 Å². The molecule has 1 N–H and O–H groups in total. The minimum absolute atomic E-state index is 0.323. The van der Waals surface area contributed by atoms with Gasteiger partial charge in [-0.2, -0.15) is 5.11 Å². The van der Waals surface area contributed by atoms with Crippen LogP contribution >= 0.6 is 0 Å². The summed E-state index contributed by atoms with van der Waals surface area (Å²) in [4.78, 5) is 0. The normalized spacial score (nSPS) is 48.3. The summed E-state index contributed by atoms with van der Waals surface area (Å²) in [5.41, 5.74) is 7.25. The van der Waals surface area contributed by atoms with Gasteiger partial charge in [-0.25, -0.2) is 5.53 Å². The molecule has 0 bridgehead atoms. The van der Waals surface area contributed by atoms with Crippen LogP contribution in [0.15, 0.2) is 5.11 Å². The summed E-state index contributed by atoms with van der Waals surface area (Å²) < 4.78 is 0. The highest BCUT2D eigenvalue weighted by atomic mass is 15.0. The molecule has 2 saturated carbocycles. The van der Waals surface area contributed by atoms with E-state index in [1.54, 1.807) is 0 Å². The summed E-state index contributed by atoms with van der Waals surface area (Å²) in [6.07, 6.45) is 6.82. The first-order valence-corrected chi connectivity index (χ1v) is 6.10. The van der Waals surface area contributed by atoms with E-state index in [4.69, 9.17) is 5.53 Å². The predicted octanol–water partition coefficient (Wildman–Crippen LogP) is 3.87. The van der Waals surface area contributed by atoms with Gasteiger partial charge in [-0.3, -0.25) is 0 Å². The SMILES string of the molecule is CC1CC(N=N)C(C)C2CCCCC12. The lowest BCUT2D eigenvalue weighted by Crippen LogP contribution is -2.41. The maximum Gasteiger partial charge on any atom is 0.0736 e. The molecule has 2 aliphatic rings. The van der Waals surface area contributed by atoms with Crippen LogP contribution in [0.4, 0.5) is 0 Å². The summed E-state index contributed by atoms with van der Waals surface area (Å²) in [7, 11) is 0. The lowest BCUT2D eigenvalue weighted by atomic mass is 9.60. The fourth-order valence-corrected chi connectivity index (χ4v) is 3.77. The fraction of sp³-hybridized carbons (Fsp3) is 1.00. The molecule has 0 saturated heterocycles. The van der Waals surface area contributed by atoms with Crippen LogP contribution in [0, 0.1) is 29.2 Å². The van der Waals surface area contributed by atoms with Gasteiger partial charge in [0.05, 0.1) is 6.04 Å². The molecule has 0 radical (unpaired) electrons. The maximum absolute atomic E-state index is 7.25. The fourth-order valence-electron chi connectivity index (χ4n) is 3.77. The van der Waals surface area contributed by atoms with Gasteiger partial charge >= 0.3 is 0 Å². The summed E-state index contributed by atoms with van der Waals surface area (Å²) in [5, 5.41) is 3.82. The van der Waals surface area contributed by atoms with Gasteiger partial charge in [0.15, 0.2) is 0 Å². The lowest BCUT2D eigenvalue weighted by molar-refractivity contribution is 0.0498. The Morgan fingerprint density at radius 2 is 1.71 bits per heavy atom. The standard InChI is InChI=1S/C12H22N2/c1-8-7-12(14-13)9(2)11-6-4-3-5-10(8)11/h8-13H,3-7H2,1-2H3. The van der Waals surface area contributed by atoms with Crippen molar-refractivity contribution >= 4 is 0 Å². The highest BCUT2D eigenvalue weighted by Crippen LogP contribution is 2.47. The number of nitrogens with one attached hydrogen (secondary N) is 1. The Balaban J connectivity index is 2.12. The average molecular weight is 194 g/mol. The molecular formula is C12H22N2. The van der Waals surface area contributed by atoms with Gasteiger partial charge < -0.3 is 0 Å². The van der Waals surface area contributed by atoms with Crippen molar-refractivity contribution in [3.05, 3.63) is 0 Å². The molecular weight excluding hydrogens is 172 g/mol. The Bertz CT molecular complexity index is 214. The van der Waals surface area contributed by atoms with Gasteiger partial charge in [-0.15, -0.1) is 0 Å². The van der Waals surface area contributed by atoms with E-state index in [1.165, 1.54) is 25.7 Å².